The number of fused-ring (bicyclic) bond motifs is 1. The fraction of sp³-hybridized carbons (Fsp3) is 0.500. The van der Waals surface area contributed by atoms with Gasteiger partial charge in [0.05, 0.1) is 6.54 Å². The Morgan fingerprint density at radius 3 is 2.76 bits per heavy atom. The van der Waals surface area contributed by atoms with Crippen LogP contribution in [0.25, 0.3) is 0 Å². The number of carbonyl (C=O) groups excluding carboxylic acids is 1. The molecule has 114 valence electrons. The van der Waals surface area contributed by atoms with Crippen molar-refractivity contribution in [2.45, 2.75) is 38.8 Å². The minimum atomic E-state index is -3.74. The number of rotatable bonds is 2. The molecule has 0 radical (unpaired) electrons. The van der Waals surface area contributed by atoms with Gasteiger partial charge >= 0.3 is 10.2 Å². The molecule has 0 bridgehead atoms. The predicted molar refractivity (Wildman–Crippen MR) is 75.0 cm³/mol. The first-order chi connectivity index (χ1) is 9.91. The summed E-state index contributed by atoms with van der Waals surface area (Å²) < 4.78 is 40.3. The Labute approximate surface area is 123 Å². The van der Waals surface area contributed by atoms with Gasteiger partial charge in [-0.15, -0.1) is 0 Å². The number of piperidine rings is 1. The van der Waals surface area contributed by atoms with Gasteiger partial charge in [0.15, 0.2) is 0 Å². The number of amides is 1. The van der Waals surface area contributed by atoms with Crippen LogP contribution < -0.4 is 0 Å². The summed E-state index contributed by atoms with van der Waals surface area (Å²) in [4.78, 5) is 12.4. The SMILES string of the molecule is Cc1cc(F)ccc1CN1C(=O)C2CCCCN2S1(=O)=O. The lowest BCUT2D eigenvalue weighted by Gasteiger charge is -2.24. The van der Waals surface area contributed by atoms with Gasteiger partial charge in [-0.1, -0.05) is 12.5 Å². The van der Waals surface area contributed by atoms with E-state index in [1.54, 1.807) is 6.92 Å². The summed E-state index contributed by atoms with van der Waals surface area (Å²) in [6.07, 6.45) is 2.23. The molecular weight excluding hydrogens is 295 g/mol. The number of hydrogen-bond acceptors (Lipinski definition) is 3. The molecule has 0 saturated carbocycles. The van der Waals surface area contributed by atoms with Crippen LogP contribution >= 0.6 is 0 Å². The molecule has 2 saturated heterocycles. The van der Waals surface area contributed by atoms with Crippen LogP contribution in [0.2, 0.25) is 0 Å². The van der Waals surface area contributed by atoms with E-state index in [-0.39, 0.29) is 18.3 Å². The number of aryl methyl sites for hydroxylation is 1. The molecule has 5 nitrogen and oxygen atoms in total. The topological polar surface area (TPSA) is 57.7 Å². The monoisotopic (exact) mass is 312 g/mol. The molecule has 2 fully saturated rings. The molecule has 2 aliphatic rings. The van der Waals surface area contributed by atoms with E-state index in [1.807, 2.05) is 0 Å². The van der Waals surface area contributed by atoms with Crippen LogP contribution in [0.5, 0.6) is 0 Å². The lowest BCUT2D eigenvalue weighted by Crippen LogP contribution is -2.39. The zero-order valence-corrected chi connectivity index (χ0v) is 12.6. The van der Waals surface area contributed by atoms with Crippen LogP contribution in [-0.2, 0) is 21.5 Å². The molecule has 0 spiro atoms. The third-order valence-corrected chi connectivity index (χ3v) is 6.07. The van der Waals surface area contributed by atoms with Crippen molar-refractivity contribution in [2.24, 2.45) is 0 Å². The Morgan fingerprint density at radius 1 is 1.33 bits per heavy atom. The standard InChI is InChI=1S/C14H17FN2O3S/c1-10-8-12(15)6-5-11(10)9-17-14(18)13-4-2-3-7-16(13)21(17,19)20/h5-6,8,13H,2-4,7,9H2,1H3. The summed E-state index contributed by atoms with van der Waals surface area (Å²) in [5.74, 6) is -0.734. The Balaban J connectivity index is 1.92. The second-order valence-corrected chi connectivity index (χ2v) is 7.35. The van der Waals surface area contributed by atoms with Gasteiger partial charge in [-0.3, -0.25) is 4.79 Å². The molecule has 0 N–H and O–H groups in total. The minimum absolute atomic E-state index is 0.0275. The molecular formula is C14H17FN2O3S. The molecule has 0 aromatic heterocycles. The average molecular weight is 312 g/mol. The van der Waals surface area contributed by atoms with E-state index in [1.165, 1.54) is 22.5 Å². The van der Waals surface area contributed by atoms with E-state index >= 15 is 0 Å². The third-order valence-electron chi connectivity index (χ3n) is 4.18. The third kappa shape index (κ3) is 2.34. The van der Waals surface area contributed by atoms with Crippen molar-refractivity contribution >= 4 is 16.1 Å². The summed E-state index contributed by atoms with van der Waals surface area (Å²) in [5.41, 5.74) is 1.29. The average Bonchev–Trinajstić information content (AvgIpc) is 2.63. The highest BCUT2D eigenvalue weighted by atomic mass is 32.2. The molecule has 7 heteroatoms. The Morgan fingerprint density at radius 2 is 2.10 bits per heavy atom. The highest BCUT2D eigenvalue weighted by Gasteiger charge is 2.50. The highest BCUT2D eigenvalue weighted by molar-refractivity contribution is 7.87. The van der Waals surface area contributed by atoms with Gasteiger partial charge in [-0.2, -0.15) is 12.7 Å². The maximum atomic E-state index is 13.1. The van der Waals surface area contributed by atoms with Crippen molar-refractivity contribution in [1.29, 1.82) is 0 Å². The van der Waals surface area contributed by atoms with Crippen molar-refractivity contribution in [3.8, 4) is 0 Å². The molecule has 1 atom stereocenters. The Bertz CT molecular complexity index is 689. The smallest absolute Gasteiger partial charge is 0.272 e. The lowest BCUT2D eigenvalue weighted by molar-refractivity contribution is -0.128. The maximum absolute atomic E-state index is 13.1. The second kappa shape index (κ2) is 5.06. The van der Waals surface area contributed by atoms with Crippen molar-refractivity contribution in [1.82, 2.24) is 8.61 Å². The van der Waals surface area contributed by atoms with Crippen molar-refractivity contribution in [3.63, 3.8) is 0 Å². The number of halogens is 1. The predicted octanol–water partition coefficient (Wildman–Crippen LogP) is 1.58. The maximum Gasteiger partial charge on any atom is 0.307 e. The van der Waals surface area contributed by atoms with Gasteiger partial charge in [0, 0.05) is 6.54 Å². The summed E-state index contributed by atoms with van der Waals surface area (Å²) in [5, 5.41) is 0. The zero-order valence-electron chi connectivity index (χ0n) is 11.8. The number of nitrogens with zero attached hydrogens (tertiary/aromatic N) is 2. The molecule has 1 amide bonds. The van der Waals surface area contributed by atoms with Gasteiger partial charge in [-0.05, 0) is 43.0 Å². The zero-order chi connectivity index (χ0) is 15.2. The van der Waals surface area contributed by atoms with Crippen molar-refractivity contribution in [2.75, 3.05) is 6.54 Å². The molecule has 21 heavy (non-hydrogen) atoms. The van der Waals surface area contributed by atoms with E-state index in [0.29, 0.717) is 24.1 Å². The molecule has 0 aliphatic carbocycles. The van der Waals surface area contributed by atoms with Crippen LogP contribution in [0.3, 0.4) is 0 Å². The van der Waals surface area contributed by atoms with E-state index in [9.17, 15) is 17.6 Å². The second-order valence-electron chi connectivity index (χ2n) is 5.55. The highest BCUT2D eigenvalue weighted by Crippen LogP contribution is 2.32. The van der Waals surface area contributed by atoms with Gasteiger partial charge in [-0.25, -0.2) is 8.70 Å². The summed E-state index contributed by atoms with van der Waals surface area (Å²) in [6.45, 7) is 2.08. The summed E-state index contributed by atoms with van der Waals surface area (Å²) >= 11 is 0. The Kier molecular flexibility index (Phi) is 3.49. The normalized spacial score (nSPS) is 25.1. The van der Waals surface area contributed by atoms with Crippen LogP contribution in [0.4, 0.5) is 4.39 Å². The van der Waals surface area contributed by atoms with Crippen molar-refractivity contribution < 1.29 is 17.6 Å². The van der Waals surface area contributed by atoms with Crippen LogP contribution in [-0.4, -0.2) is 35.5 Å². The van der Waals surface area contributed by atoms with E-state index in [4.69, 9.17) is 0 Å². The van der Waals surface area contributed by atoms with Gasteiger partial charge in [0.25, 0.3) is 5.91 Å². The van der Waals surface area contributed by atoms with Crippen LogP contribution in [0.1, 0.15) is 30.4 Å². The van der Waals surface area contributed by atoms with E-state index in [2.05, 4.69) is 0 Å². The summed E-state index contributed by atoms with van der Waals surface area (Å²) in [7, 11) is -3.74. The molecule has 1 aromatic rings. The largest absolute Gasteiger partial charge is 0.307 e. The number of carbonyl (C=O) groups is 1. The molecule has 1 unspecified atom stereocenters. The molecule has 2 aliphatic heterocycles. The van der Waals surface area contributed by atoms with E-state index in [0.717, 1.165) is 17.1 Å². The molecule has 3 rings (SSSR count). The van der Waals surface area contributed by atoms with Crippen LogP contribution in [0.15, 0.2) is 18.2 Å². The quantitative estimate of drug-likeness (QED) is 0.833. The van der Waals surface area contributed by atoms with Crippen LogP contribution in [0, 0.1) is 12.7 Å². The van der Waals surface area contributed by atoms with Crippen molar-refractivity contribution in [3.05, 3.63) is 35.1 Å². The lowest BCUT2D eigenvalue weighted by atomic mass is 10.0. The summed E-state index contributed by atoms with van der Waals surface area (Å²) in [6, 6.07) is 3.60. The number of benzene rings is 1. The first kappa shape index (κ1) is 14.5. The Hall–Kier alpha value is -1.47. The first-order valence-electron chi connectivity index (χ1n) is 6.99. The number of hydrogen-bond donors (Lipinski definition) is 0. The van der Waals surface area contributed by atoms with Gasteiger partial charge in [0.1, 0.15) is 11.9 Å². The molecule has 1 aromatic carbocycles. The van der Waals surface area contributed by atoms with Gasteiger partial charge in [0.2, 0.25) is 0 Å². The van der Waals surface area contributed by atoms with E-state index < -0.39 is 16.3 Å². The minimum Gasteiger partial charge on any atom is -0.272 e. The van der Waals surface area contributed by atoms with Gasteiger partial charge < -0.3 is 0 Å². The molecule has 2 heterocycles. The first-order valence-corrected chi connectivity index (χ1v) is 8.39. The fourth-order valence-corrected chi connectivity index (χ4v) is 4.77. The fourth-order valence-electron chi connectivity index (χ4n) is 2.99.